The summed E-state index contributed by atoms with van der Waals surface area (Å²) >= 11 is 3.22. The Balaban J connectivity index is 2.05. The van der Waals surface area contributed by atoms with Crippen molar-refractivity contribution in [1.29, 1.82) is 0 Å². The van der Waals surface area contributed by atoms with E-state index < -0.39 is 5.82 Å². The van der Waals surface area contributed by atoms with Gasteiger partial charge in [-0.2, -0.15) is 0 Å². The number of carbonyl (C=O) groups is 1. The maximum absolute atomic E-state index is 13.8. The molecular formula is C15H10BrFO2. The number of halogens is 2. The molecule has 0 atom stereocenters. The van der Waals surface area contributed by atoms with Gasteiger partial charge in [-0.3, -0.25) is 4.79 Å². The number of hydrogen-bond acceptors (Lipinski definition) is 2. The first-order valence-corrected chi connectivity index (χ1v) is 6.70. The standard InChI is InChI=1S/C15H10BrFO2/c16-11-2-1-3-12(17)14(11)15(18)10-4-5-13-9(8-10)6-7-19-13/h1-5,8H,6-7H2. The summed E-state index contributed by atoms with van der Waals surface area (Å²) in [7, 11) is 0. The zero-order chi connectivity index (χ0) is 13.4. The third kappa shape index (κ3) is 2.16. The highest BCUT2D eigenvalue weighted by Gasteiger charge is 2.20. The van der Waals surface area contributed by atoms with Crippen molar-refractivity contribution in [3.8, 4) is 5.75 Å². The fraction of sp³-hybridized carbons (Fsp3) is 0.133. The first-order chi connectivity index (χ1) is 9.16. The van der Waals surface area contributed by atoms with Crippen molar-refractivity contribution in [1.82, 2.24) is 0 Å². The normalized spacial score (nSPS) is 12.9. The van der Waals surface area contributed by atoms with E-state index in [0.29, 0.717) is 16.6 Å². The van der Waals surface area contributed by atoms with Crippen LogP contribution in [0.1, 0.15) is 21.5 Å². The van der Waals surface area contributed by atoms with Gasteiger partial charge in [-0.05, 0) is 51.8 Å². The van der Waals surface area contributed by atoms with Crippen molar-refractivity contribution < 1.29 is 13.9 Å². The maximum atomic E-state index is 13.8. The molecule has 0 aliphatic carbocycles. The van der Waals surface area contributed by atoms with Gasteiger partial charge in [0.2, 0.25) is 0 Å². The molecule has 0 radical (unpaired) electrons. The van der Waals surface area contributed by atoms with Gasteiger partial charge in [0, 0.05) is 16.5 Å². The van der Waals surface area contributed by atoms with Gasteiger partial charge in [0.1, 0.15) is 11.6 Å². The topological polar surface area (TPSA) is 26.3 Å². The number of ether oxygens (including phenoxy) is 1. The number of rotatable bonds is 2. The van der Waals surface area contributed by atoms with Crippen molar-refractivity contribution >= 4 is 21.7 Å². The van der Waals surface area contributed by atoms with Crippen LogP contribution in [-0.2, 0) is 6.42 Å². The molecule has 0 saturated heterocycles. The van der Waals surface area contributed by atoms with E-state index in [2.05, 4.69) is 15.9 Å². The molecule has 2 aromatic rings. The molecule has 0 amide bonds. The first kappa shape index (κ1) is 12.4. The minimum atomic E-state index is -0.517. The lowest BCUT2D eigenvalue weighted by Crippen LogP contribution is -2.05. The number of hydrogen-bond donors (Lipinski definition) is 0. The van der Waals surface area contributed by atoms with Gasteiger partial charge in [0.15, 0.2) is 5.78 Å². The molecule has 3 rings (SSSR count). The van der Waals surface area contributed by atoms with Gasteiger partial charge in [-0.1, -0.05) is 6.07 Å². The van der Waals surface area contributed by atoms with Gasteiger partial charge < -0.3 is 4.74 Å². The van der Waals surface area contributed by atoms with E-state index in [-0.39, 0.29) is 11.3 Å². The zero-order valence-corrected chi connectivity index (χ0v) is 11.5. The fourth-order valence-corrected chi connectivity index (χ4v) is 2.71. The average Bonchev–Trinajstić information content (AvgIpc) is 2.85. The molecule has 0 spiro atoms. The number of fused-ring (bicyclic) bond motifs is 1. The molecule has 1 heterocycles. The Hall–Kier alpha value is -1.68. The summed E-state index contributed by atoms with van der Waals surface area (Å²) in [5, 5.41) is 0. The number of carbonyl (C=O) groups excluding carboxylic acids is 1. The Kier molecular flexibility index (Phi) is 3.11. The second-order valence-electron chi connectivity index (χ2n) is 4.35. The quantitative estimate of drug-likeness (QED) is 0.788. The third-order valence-electron chi connectivity index (χ3n) is 3.14. The molecular weight excluding hydrogens is 311 g/mol. The van der Waals surface area contributed by atoms with E-state index >= 15 is 0 Å². The lowest BCUT2D eigenvalue weighted by molar-refractivity contribution is 0.103. The van der Waals surface area contributed by atoms with E-state index in [4.69, 9.17) is 4.74 Å². The van der Waals surface area contributed by atoms with Crippen LogP contribution in [0.3, 0.4) is 0 Å². The third-order valence-corrected chi connectivity index (χ3v) is 3.80. The van der Waals surface area contributed by atoms with Crippen LogP contribution in [0.4, 0.5) is 4.39 Å². The molecule has 0 saturated carbocycles. The van der Waals surface area contributed by atoms with Crippen LogP contribution in [0, 0.1) is 5.82 Å². The van der Waals surface area contributed by atoms with E-state index in [9.17, 15) is 9.18 Å². The summed E-state index contributed by atoms with van der Waals surface area (Å²) < 4.78 is 19.6. The van der Waals surface area contributed by atoms with Crippen molar-refractivity contribution in [2.45, 2.75) is 6.42 Å². The van der Waals surface area contributed by atoms with Crippen LogP contribution in [0.15, 0.2) is 40.9 Å². The van der Waals surface area contributed by atoms with Crippen LogP contribution < -0.4 is 4.74 Å². The lowest BCUT2D eigenvalue weighted by Gasteiger charge is -2.06. The number of benzene rings is 2. The van der Waals surface area contributed by atoms with Gasteiger partial charge in [0.25, 0.3) is 0 Å². The van der Waals surface area contributed by atoms with E-state index in [0.717, 1.165) is 17.7 Å². The number of ketones is 1. The van der Waals surface area contributed by atoms with Crippen molar-refractivity contribution in [3.63, 3.8) is 0 Å². The first-order valence-electron chi connectivity index (χ1n) is 5.91. The van der Waals surface area contributed by atoms with Crippen LogP contribution >= 0.6 is 15.9 Å². The lowest BCUT2D eigenvalue weighted by atomic mass is 10.00. The summed E-state index contributed by atoms with van der Waals surface area (Å²) in [5.41, 5.74) is 1.55. The van der Waals surface area contributed by atoms with E-state index in [1.165, 1.54) is 6.07 Å². The molecule has 19 heavy (non-hydrogen) atoms. The van der Waals surface area contributed by atoms with Crippen molar-refractivity contribution in [3.05, 3.63) is 63.4 Å². The SMILES string of the molecule is O=C(c1ccc2c(c1)CCO2)c1c(F)cccc1Br. The molecule has 2 nitrogen and oxygen atoms in total. The summed E-state index contributed by atoms with van der Waals surface area (Å²) in [5.74, 6) is -0.0278. The van der Waals surface area contributed by atoms with E-state index in [1.807, 2.05) is 0 Å². The molecule has 0 fully saturated rings. The van der Waals surface area contributed by atoms with Crippen LogP contribution in [0.25, 0.3) is 0 Å². The molecule has 4 heteroatoms. The van der Waals surface area contributed by atoms with E-state index in [1.54, 1.807) is 30.3 Å². The molecule has 1 aliphatic heterocycles. The highest BCUT2D eigenvalue weighted by molar-refractivity contribution is 9.10. The summed E-state index contributed by atoms with van der Waals surface area (Å²) in [6.45, 7) is 0.635. The predicted octanol–water partition coefficient (Wildman–Crippen LogP) is 3.75. The maximum Gasteiger partial charge on any atom is 0.197 e. The predicted molar refractivity (Wildman–Crippen MR) is 73.2 cm³/mol. The smallest absolute Gasteiger partial charge is 0.197 e. The summed E-state index contributed by atoms with van der Waals surface area (Å²) in [6.07, 6.45) is 0.787. The van der Waals surface area contributed by atoms with Gasteiger partial charge in [-0.25, -0.2) is 4.39 Å². The molecule has 0 unspecified atom stereocenters. The van der Waals surface area contributed by atoms with Gasteiger partial charge in [-0.15, -0.1) is 0 Å². The second kappa shape index (κ2) is 4.78. The van der Waals surface area contributed by atoms with Crippen LogP contribution in [0.5, 0.6) is 5.75 Å². The van der Waals surface area contributed by atoms with Gasteiger partial charge >= 0.3 is 0 Å². The highest BCUT2D eigenvalue weighted by Crippen LogP contribution is 2.28. The van der Waals surface area contributed by atoms with Gasteiger partial charge in [0.05, 0.1) is 12.2 Å². The minimum absolute atomic E-state index is 0.0707. The Morgan fingerprint density at radius 2 is 2.11 bits per heavy atom. The van der Waals surface area contributed by atoms with Crippen molar-refractivity contribution in [2.24, 2.45) is 0 Å². The monoisotopic (exact) mass is 320 g/mol. The Morgan fingerprint density at radius 3 is 2.89 bits per heavy atom. The fourth-order valence-electron chi connectivity index (χ4n) is 2.19. The van der Waals surface area contributed by atoms with Crippen LogP contribution in [0.2, 0.25) is 0 Å². The molecule has 96 valence electrons. The Morgan fingerprint density at radius 1 is 1.26 bits per heavy atom. The molecule has 0 bridgehead atoms. The molecule has 0 aromatic heterocycles. The molecule has 0 N–H and O–H groups in total. The molecule has 2 aromatic carbocycles. The largest absolute Gasteiger partial charge is 0.493 e. The highest BCUT2D eigenvalue weighted by atomic mass is 79.9. The second-order valence-corrected chi connectivity index (χ2v) is 5.20. The minimum Gasteiger partial charge on any atom is -0.493 e. The average molecular weight is 321 g/mol. The van der Waals surface area contributed by atoms with Crippen LogP contribution in [-0.4, -0.2) is 12.4 Å². The summed E-state index contributed by atoms with van der Waals surface area (Å²) in [6, 6.07) is 9.73. The zero-order valence-electron chi connectivity index (χ0n) is 9.95. The van der Waals surface area contributed by atoms with Crippen molar-refractivity contribution in [2.75, 3.05) is 6.61 Å². The Bertz CT molecular complexity index is 647. The summed E-state index contributed by atoms with van der Waals surface area (Å²) in [4.78, 5) is 12.4. The molecule has 1 aliphatic rings. The Labute approximate surface area is 118 Å².